The van der Waals surface area contributed by atoms with Crippen LogP contribution in [0.2, 0.25) is 0 Å². The van der Waals surface area contributed by atoms with Gasteiger partial charge in [-0.25, -0.2) is 4.39 Å². The van der Waals surface area contributed by atoms with E-state index in [0.29, 0.717) is 31.5 Å². The van der Waals surface area contributed by atoms with E-state index in [-0.39, 0.29) is 29.8 Å². The topological polar surface area (TPSA) is 68.9 Å². The molecular formula is C16H27FIN3O2. The summed E-state index contributed by atoms with van der Waals surface area (Å²) in [6, 6.07) is 6.03. The average molecular weight is 439 g/mol. The van der Waals surface area contributed by atoms with Crippen molar-refractivity contribution in [1.82, 2.24) is 5.32 Å². The molecule has 0 unspecified atom stereocenters. The molecule has 0 saturated heterocycles. The molecule has 0 spiro atoms. The van der Waals surface area contributed by atoms with E-state index in [0.717, 1.165) is 32.4 Å². The fourth-order valence-electron chi connectivity index (χ4n) is 1.73. The van der Waals surface area contributed by atoms with E-state index in [9.17, 15) is 4.39 Å². The zero-order chi connectivity index (χ0) is 16.0. The first-order valence-electron chi connectivity index (χ1n) is 7.72. The quantitative estimate of drug-likeness (QED) is 0.241. The Kier molecular flexibility index (Phi) is 13.8. The minimum Gasteiger partial charge on any atom is -0.494 e. The highest BCUT2D eigenvalue weighted by Gasteiger charge is 1.96. The van der Waals surface area contributed by atoms with Crippen LogP contribution in [0.1, 0.15) is 26.2 Å². The summed E-state index contributed by atoms with van der Waals surface area (Å²) >= 11 is 0. The van der Waals surface area contributed by atoms with Gasteiger partial charge in [0.15, 0.2) is 5.96 Å². The van der Waals surface area contributed by atoms with Gasteiger partial charge in [0.05, 0.1) is 6.61 Å². The smallest absolute Gasteiger partial charge is 0.188 e. The molecule has 0 fully saturated rings. The zero-order valence-corrected chi connectivity index (χ0v) is 15.9. The third-order valence-electron chi connectivity index (χ3n) is 2.89. The van der Waals surface area contributed by atoms with Crippen LogP contribution in [-0.2, 0) is 4.74 Å². The Bertz CT molecular complexity index is 430. The summed E-state index contributed by atoms with van der Waals surface area (Å²) in [5.74, 6) is 0.897. The van der Waals surface area contributed by atoms with E-state index in [1.165, 1.54) is 12.1 Å². The van der Waals surface area contributed by atoms with Crippen LogP contribution >= 0.6 is 24.0 Å². The van der Waals surface area contributed by atoms with Gasteiger partial charge in [-0.15, -0.1) is 24.0 Å². The van der Waals surface area contributed by atoms with Gasteiger partial charge in [0.25, 0.3) is 0 Å². The summed E-state index contributed by atoms with van der Waals surface area (Å²) in [5.41, 5.74) is 5.74. The van der Waals surface area contributed by atoms with Crippen molar-refractivity contribution in [3.05, 3.63) is 30.1 Å². The highest BCUT2D eigenvalue weighted by molar-refractivity contribution is 14.0. The number of rotatable bonds is 11. The zero-order valence-electron chi connectivity index (χ0n) is 13.6. The predicted octanol–water partition coefficient (Wildman–Crippen LogP) is 2.93. The lowest BCUT2D eigenvalue weighted by Crippen LogP contribution is -2.32. The first kappa shape index (κ1) is 21.9. The van der Waals surface area contributed by atoms with E-state index < -0.39 is 0 Å². The van der Waals surface area contributed by atoms with Crippen molar-refractivity contribution in [2.24, 2.45) is 10.7 Å². The van der Waals surface area contributed by atoms with E-state index in [1.807, 2.05) is 6.92 Å². The maximum atomic E-state index is 12.7. The molecule has 0 aliphatic rings. The van der Waals surface area contributed by atoms with E-state index in [4.69, 9.17) is 15.2 Å². The molecule has 5 nitrogen and oxygen atoms in total. The number of aliphatic imine (C=N–C) groups is 1. The standard InChI is InChI=1S/C16H26FN3O2.HI/c1-2-21-12-5-11-20-16(18)19-10-3-4-13-22-15-8-6-14(17)7-9-15;/h6-9H,2-5,10-13H2,1H3,(H3,18,19,20);1H. The van der Waals surface area contributed by atoms with E-state index >= 15 is 0 Å². The molecule has 1 aromatic carbocycles. The molecule has 0 aromatic heterocycles. The van der Waals surface area contributed by atoms with Crippen LogP contribution in [0.25, 0.3) is 0 Å². The number of benzene rings is 1. The Morgan fingerprint density at radius 2 is 1.91 bits per heavy atom. The van der Waals surface area contributed by atoms with Crippen molar-refractivity contribution >= 4 is 29.9 Å². The number of nitrogens with one attached hydrogen (secondary N) is 1. The molecule has 0 aliphatic carbocycles. The number of nitrogens with two attached hydrogens (primary N) is 1. The van der Waals surface area contributed by atoms with Gasteiger partial charge in [0.2, 0.25) is 0 Å². The number of hydrogen-bond donors (Lipinski definition) is 2. The summed E-state index contributed by atoms with van der Waals surface area (Å²) in [6.45, 7) is 5.45. The van der Waals surface area contributed by atoms with Gasteiger partial charge in [-0.2, -0.15) is 0 Å². The van der Waals surface area contributed by atoms with Crippen molar-refractivity contribution in [1.29, 1.82) is 0 Å². The molecule has 0 atom stereocenters. The highest BCUT2D eigenvalue weighted by atomic mass is 127. The Morgan fingerprint density at radius 1 is 1.17 bits per heavy atom. The maximum absolute atomic E-state index is 12.7. The van der Waals surface area contributed by atoms with Crippen molar-refractivity contribution in [2.75, 3.05) is 32.9 Å². The molecule has 0 saturated carbocycles. The van der Waals surface area contributed by atoms with Crippen LogP contribution < -0.4 is 15.8 Å². The summed E-state index contributed by atoms with van der Waals surface area (Å²) in [6.07, 6.45) is 2.69. The van der Waals surface area contributed by atoms with Crippen LogP contribution in [0, 0.1) is 5.82 Å². The number of nitrogens with zero attached hydrogens (tertiary/aromatic N) is 1. The Balaban J connectivity index is 0.00000484. The third kappa shape index (κ3) is 12.1. The second kappa shape index (κ2) is 14.5. The van der Waals surface area contributed by atoms with Gasteiger partial charge in [0.1, 0.15) is 11.6 Å². The third-order valence-corrected chi connectivity index (χ3v) is 2.89. The van der Waals surface area contributed by atoms with Crippen molar-refractivity contribution in [3.63, 3.8) is 0 Å². The van der Waals surface area contributed by atoms with Crippen molar-refractivity contribution in [3.8, 4) is 5.75 Å². The van der Waals surface area contributed by atoms with Crippen LogP contribution in [0.3, 0.4) is 0 Å². The number of hydrogen-bond acceptors (Lipinski definition) is 3. The first-order valence-corrected chi connectivity index (χ1v) is 7.72. The molecule has 0 heterocycles. The number of halogens is 2. The lowest BCUT2D eigenvalue weighted by Gasteiger charge is -2.07. The van der Waals surface area contributed by atoms with Gasteiger partial charge in [0, 0.05) is 26.3 Å². The molecule has 0 bridgehead atoms. The maximum Gasteiger partial charge on any atom is 0.188 e. The Morgan fingerprint density at radius 3 is 2.61 bits per heavy atom. The fourth-order valence-corrected chi connectivity index (χ4v) is 1.73. The molecule has 0 amide bonds. The van der Waals surface area contributed by atoms with Crippen LogP contribution in [-0.4, -0.2) is 38.9 Å². The molecule has 132 valence electrons. The average Bonchev–Trinajstić information content (AvgIpc) is 2.52. The van der Waals surface area contributed by atoms with Crippen LogP contribution in [0.5, 0.6) is 5.75 Å². The van der Waals surface area contributed by atoms with Crippen molar-refractivity contribution in [2.45, 2.75) is 26.2 Å². The Hall–Kier alpha value is -1.09. The number of unbranched alkanes of at least 4 members (excludes halogenated alkanes) is 1. The van der Waals surface area contributed by atoms with E-state index in [1.54, 1.807) is 12.1 Å². The van der Waals surface area contributed by atoms with Gasteiger partial charge in [-0.1, -0.05) is 0 Å². The molecule has 1 rings (SSSR count). The summed E-state index contributed by atoms with van der Waals surface area (Å²) in [5, 5.41) is 3.06. The number of guanidine groups is 1. The monoisotopic (exact) mass is 439 g/mol. The molecular weight excluding hydrogens is 412 g/mol. The Labute approximate surface area is 154 Å². The van der Waals surface area contributed by atoms with Gasteiger partial charge < -0.3 is 20.5 Å². The normalized spacial score (nSPS) is 11.0. The molecule has 7 heteroatoms. The summed E-state index contributed by atoms with van der Waals surface area (Å²) < 4.78 is 23.4. The minimum atomic E-state index is -0.257. The molecule has 23 heavy (non-hydrogen) atoms. The fraction of sp³-hybridized carbons (Fsp3) is 0.562. The molecule has 0 radical (unpaired) electrons. The summed E-state index contributed by atoms with van der Waals surface area (Å²) in [4.78, 5) is 4.21. The van der Waals surface area contributed by atoms with Gasteiger partial charge in [-0.3, -0.25) is 4.99 Å². The van der Waals surface area contributed by atoms with Crippen LogP contribution in [0.4, 0.5) is 4.39 Å². The number of ether oxygens (including phenoxy) is 2. The van der Waals surface area contributed by atoms with Gasteiger partial charge in [-0.05, 0) is 50.5 Å². The first-order chi connectivity index (χ1) is 10.7. The van der Waals surface area contributed by atoms with Crippen molar-refractivity contribution < 1.29 is 13.9 Å². The summed E-state index contributed by atoms with van der Waals surface area (Å²) in [7, 11) is 0. The second-order valence-corrected chi connectivity index (χ2v) is 4.75. The molecule has 1 aromatic rings. The largest absolute Gasteiger partial charge is 0.494 e. The van der Waals surface area contributed by atoms with Crippen LogP contribution in [0.15, 0.2) is 29.3 Å². The lowest BCUT2D eigenvalue weighted by atomic mass is 10.3. The second-order valence-electron chi connectivity index (χ2n) is 4.75. The molecule has 0 aliphatic heterocycles. The van der Waals surface area contributed by atoms with E-state index in [2.05, 4.69) is 10.3 Å². The van der Waals surface area contributed by atoms with Gasteiger partial charge >= 0.3 is 0 Å². The SMILES string of the molecule is CCOCCCN=C(N)NCCCCOc1ccc(F)cc1.I. The predicted molar refractivity (Wildman–Crippen MR) is 102 cm³/mol. The minimum absolute atomic E-state index is 0. The lowest BCUT2D eigenvalue weighted by molar-refractivity contribution is 0.146. The highest BCUT2D eigenvalue weighted by Crippen LogP contribution is 2.11. The molecule has 3 N–H and O–H groups in total.